The third kappa shape index (κ3) is 3.21. The number of carbonyl (C=O) groups excluding carboxylic acids is 1. The lowest BCUT2D eigenvalue weighted by Gasteiger charge is -2.06. The molecule has 0 saturated carbocycles. The molecule has 0 atom stereocenters. The number of rotatable bonds is 4. The number of hydrogen-bond donors (Lipinski definition) is 2. The number of hydrogen-bond acceptors (Lipinski definition) is 2. The second kappa shape index (κ2) is 6.16. The molecule has 4 nitrogen and oxygen atoms in total. The lowest BCUT2D eigenvalue weighted by atomic mass is 10.1. The normalized spacial score (nSPS) is 10.7. The molecule has 0 spiro atoms. The average Bonchev–Trinajstić information content (AvgIpc) is 2.94. The second-order valence-electron chi connectivity index (χ2n) is 5.64. The van der Waals surface area contributed by atoms with E-state index in [1.165, 1.54) is 5.56 Å². The lowest BCUT2D eigenvalue weighted by molar-refractivity contribution is 0.102. The fourth-order valence-corrected chi connectivity index (χ4v) is 2.72. The molecule has 1 aromatic heterocycles. The first-order valence-electron chi connectivity index (χ1n) is 7.71. The molecule has 23 heavy (non-hydrogen) atoms. The molecule has 1 amide bonds. The van der Waals surface area contributed by atoms with E-state index in [1.54, 1.807) is 0 Å². The predicted octanol–water partition coefficient (Wildman–Crippen LogP) is 4.44. The van der Waals surface area contributed by atoms with Gasteiger partial charge in [-0.15, -0.1) is 0 Å². The third-order valence-electron chi connectivity index (χ3n) is 3.76. The summed E-state index contributed by atoms with van der Waals surface area (Å²) < 4.78 is 5.40. The molecule has 2 N–H and O–H groups in total. The minimum absolute atomic E-state index is 0.151. The van der Waals surface area contributed by atoms with Gasteiger partial charge in [0, 0.05) is 16.6 Å². The molecular weight excluding hydrogens is 288 g/mol. The van der Waals surface area contributed by atoms with E-state index in [4.69, 9.17) is 4.74 Å². The van der Waals surface area contributed by atoms with Crippen LogP contribution in [0.4, 0.5) is 5.69 Å². The number of aromatic amines is 1. The van der Waals surface area contributed by atoms with Crippen LogP contribution in [-0.4, -0.2) is 17.5 Å². The van der Waals surface area contributed by atoms with Crippen LogP contribution in [0.2, 0.25) is 0 Å². The summed E-state index contributed by atoms with van der Waals surface area (Å²) in [6.07, 6.45) is 0. The summed E-state index contributed by atoms with van der Waals surface area (Å²) in [5.74, 6) is 0.643. The molecule has 0 aliphatic rings. The van der Waals surface area contributed by atoms with Gasteiger partial charge in [-0.1, -0.05) is 6.07 Å². The first-order valence-corrected chi connectivity index (χ1v) is 7.71. The molecule has 3 rings (SSSR count). The Hall–Kier alpha value is -2.75. The van der Waals surface area contributed by atoms with E-state index in [9.17, 15) is 4.79 Å². The van der Waals surface area contributed by atoms with Crippen LogP contribution in [-0.2, 0) is 0 Å². The molecule has 0 aliphatic carbocycles. The Morgan fingerprint density at radius 3 is 2.57 bits per heavy atom. The van der Waals surface area contributed by atoms with Crippen LogP contribution in [0.25, 0.3) is 10.9 Å². The van der Waals surface area contributed by atoms with Gasteiger partial charge in [0.25, 0.3) is 5.91 Å². The summed E-state index contributed by atoms with van der Waals surface area (Å²) >= 11 is 0. The first-order chi connectivity index (χ1) is 11.1. The van der Waals surface area contributed by atoms with Gasteiger partial charge < -0.3 is 15.0 Å². The molecule has 0 aliphatic heterocycles. The Morgan fingerprint density at radius 1 is 1.13 bits per heavy atom. The number of anilines is 1. The molecule has 0 radical (unpaired) electrons. The van der Waals surface area contributed by atoms with Gasteiger partial charge in [-0.25, -0.2) is 0 Å². The van der Waals surface area contributed by atoms with Crippen LogP contribution in [0.5, 0.6) is 5.75 Å². The molecule has 0 bridgehead atoms. The van der Waals surface area contributed by atoms with Crippen LogP contribution in [0.15, 0.2) is 42.5 Å². The van der Waals surface area contributed by atoms with E-state index in [2.05, 4.69) is 29.4 Å². The summed E-state index contributed by atoms with van der Waals surface area (Å²) in [7, 11) is 0. The molecule has 0 fully saturated rings. The van der Waals surface area contributed by atoms with Gasteiger partial charge in [-0.2, -0.15) is 0 Å². The molecule has 1 heterocycles. The number of ether oxygens (including phenoxy) is 1. The third-order valence-corrected chi connectivity index (χ3v) is 3.76. The van der Waals surface area contributed by atoms with Crippen molar-refractivity contribution in [3.63, 3.8) is 0 Å². The SMILES string of the molecule is CCOc1ccc(NC(=O)c2cc3c(C)cc(C)cc3[nH]2)cc1. The van der Waals surface area contributed by atoms with Crippen molar-refractivity contribution in [2.75, 3.05) is 11.9 Å². The highest BCUT2D eigenvalue weighted by Crippen LogP contribution is 2.22. The van der Waals surface area contributed by atoms with E-state index in [0.717, 1.165) is 27.9 Å². The minimum atomic E-state index is -0.151. The highest BCUT2D eigenvalue weighted by Gasteiger charge is 2.11. The molecule has 118 valence electrons. The molecular formula is C19H20N2O2. The van der Waals surface area contributed by atoms with Gasteiger partial charge in [-0.3, -0.25) is 4.79 Å². The topological polar surface area (TPSA) is 54.1 Å². The molecule has 3 aromatic rings. The number of H-pyrrole nitrogens is 1. The van der Waals surface area contributed by atoms with E-state index in [0.29, 0.717) is 12.3 Å². The smallest absolute Gasteiger partial charge is 0.272 e. The summed E-state index contributed by atoms with van der Waals surface area (Å²) in [6, 6.07) is 13.4. The fourth-order valence-electron chi connectivity index (χ4n) is 2.72. The molecule has 2 aromatic carbocycles. The fraction of sp³-hybridized carbons (Fsp3) is 0.211. The Bertz CT molecular complexity index is 848. The van der Waals surface area contributed by atoms with E-state index >= 15 is 0 Å². The number of benzene rings is 2. The number of aryl methyl sites for hydroxylation is 2. The summed E-state index contributed by atoms with van der Waals surface area (Å²) in [4.78, 5) is 15.6. The molecule has 0 saturated heterocycles. The largest absolute Gasteiger partial charge is 0.494 e. The minimum Gasteiger partial charge on any atom is -0.494 e. The zero-order valence-corrected chi connectivity index (χ0v) is 13.6. The average molecular weight is 308 g/mol. The lowest BCUT2D eigenvalue weighted by Crippen LogP contribution is -2.12. The van der Waals surface area contributed by atoms with Crippen molar-refractivity contribution < 1.29 is 9.53 Å². The highest BCUT2D eigenvalue weighted by atomic mass is 16.5. The van der Waals surface area contributed by atoms with Crippen LogP contribution >= 0.6 is 0 Å². The van der Waals surface area contributed by atoms with Crippen molar-refractivity contribution in [3.8, 4) is 5.75 Å². The molecule has 4 heteroatoms. The van der Waals surface area contributed by atoms with E-state index < -0.39 is 0 Å². The monoisotopic (exact) mass is 308 g/mol. The predicted molar refractivity (Wildman–Crippen MR) is 93.3 cm³/mol. The van der Waals surface area contributed by atoms with Crippen molar-refractivity contribution in [1.29, 1.82) is 0 Å². The second-order valence-corrected chi connectivity index (χ2v) is 5.64. The Kier molecular flexibility index (Phi) is 4.06. The summed E-state index contributed by atoms with van der Waals surface area (Å²) in [5, 5.41) is 3.97. The molecule has 0 unspecified atom stereocenters. The van der Waals surface area contributed by atoms with Gasteiger partial charge in [0.05, 0.1) is 6.61 Å². The van der Waals surface area contributed by atoms with E-state index in [-0.39, 0.29) is 5.91 Å². The van der Waals surface area contributed by atoms with Gasteiger partial charge in [0.2, 0.25) is 0 Å². The van der Waals surface area contributed by atoms with Crippen molar-refractivity contribution >= 4 is 22.5 Å². The van der Waals surface area contributed by atoms with Crippen molar-refractivity contribution in [2.45, 2.75) is 20.8 Å². The Balaban J connectivity index is 1.81. The maximum atomic E-state index is 12.4. The van der Waals surface area contributed by atoms with E-state index in [1.807, 2.05) is 44.2 Å². The zero-order chi connectivity index (χ0) is 16.4. The van der Waals surface area contributed by atoms with Gasteiger partial charge in [-0.05, 0) is 68.3 Å². The number of carbonyl (C=O) groups is 1. The van der Waals surface area contributed by atoms with Crippen LogP contribution in [0.3, 0.4) is 0 Å². The van der Waals surface area contributed by atoms with Gasteiger partial charge in [0.1, 0.15) is 11.4 Å². The Morgan fingerprint density at radius 2 is 1.87 bits per heavy atom. The maximum absolute atomic E-state index is 12.4. The highest BCUT2D eigenvalue weighted by molar-refractivity contribution is 6.06. The van der Waals surface area contributed by atoms with Crippen molar-refractivity contribution in [2.24, 2.45) is 0 Å². The summed E-state index contributed by atoms with van der Waals surface area (Å²) in [5.41, 5.74) is 4.62. The van der Waals surface area contributed by atoms with Crippen LogP contribution < -0.4 is 10.1 Å². The number of nitrogens with one attached hydrogen (secondary N) is 2. The maximum Gasteiger partial charge on any atom is 0.272 e. The number of amides is 1. The number of fused-ring (bicyclic) bond motifs is 1. The first kappa shape index (κ1) is 15.2. The quantitative estimate of drug-likeness (QED) is 0.749. The van der Waals surface area contributed by atoms with Crippen LogP contribution in [0, 0.1) is 13.8 Å². The Labute approximate surface area is 135 Å². The van der Waals surface area contributed by atoms with Crippen molar-refractivity contribution in [1.82, 2.24) is 4.98 Å². The zero-order valence-electron chi connectivity index (χ0n) is 13.6. The number of aromatic nitrogens is 1. The van der Waals surface area contributed by atoms with Crippen LogP contribution in [0.1, 0.15) is 28.5 Å². The van der Waals surface area contributed by atoms with Crippen molar-refractivity contribution in [3.05, 3.63) is 59.3 Å². The summed E-state index contributed by atoms with van der Waals surface area (Å²) in [6.45, 7) is 6.67. The van der Waals surface area contributed by atoms with Gasteiger partial charge in [0.15, 0.2) is 0 Å². The van der Waals surface area contributed by atoms with Gasteiger partial charge >= 0.3 is 0 Å². The standard InChI is InChI=1S/C19H20N2O2/c1-4-23-15-7-5-14(6-8-15)20-19(22)18-11-16-13(3)9-12(2)10-17(16)21-18/h5-11,21H,4H2,1-3H3,(H,20,22).